The largest absolute Gasteiger partial charge is 0.464 e. The molecule has 20 heavy (non-hydrogen) atoms. The Morgan fingerprint density at radius 1 is 1.05 bits per heavy atom. The zero-order valence-corrected chi connectivity index (χ0v) is 11.1. The van der Waals surface area contributed by atoms with Gasteiger partial charge < -0.3 is 14.2 Å². The first-order valence-electron chi connectivity index (χ1n) is 5.92. The van der Waals surface area contributed by atoms with Crippen LogP contribution in [0.5, 0.6) is 0 Å². The normalized spacial score (nSPS) is 10.4. The summed E-state index contributed by atoms with van der Waals surface area (Å²) in [4.78, 5) is 11.9. The second kappa shape index (κ2) is 5.27. The van der Waals surface area contributed by atoms with Crippen LogP contribution in [0.15, 0.2) is 63.8 Å². The van der Waals surface area contributed by atoms with Gasteiger partial charge in [-0.3, -0.25) is 4.79 Å². The fraction of sp³-hybridized carbons (Fsp3) is 0. The van der Waals surface area contributed by atoms with E-state index in [2.05, 4.69) is 5.32 Å². The van der Waals surface area contributed by atoms with Crippen molar-refractivity contribution in [2.75, 3.05) is 5.32 Å². The van der Waals surface area contributed by atoms with E-state index in [9.17, 15) is 4.79 Å². The van der Waals surface area contributed by atoms with Gasteiger partial charge in [0.25, 0.3) is 5.91 Å². The van der Waals surface area contributed by atoms with Crippen LogP contribution in [0.2, 0.25) is 5.02 Å². The summed E-state index contributed by atoms with van der Waals surface area (Å²) in [5, 5.41) is 3.12. The fourth-order valence-corrected chi connectivity index (χ4v) is 2.03. The highest BCUT2D eigenvalue weighted by molar-refractivity contribution is 6.34. The zero-order valence-electron chi connectivity index (χ0n) is 10.3. The quantitative estimate of drug-likeness (QED) is 0.774. The monoisotopic (exact) mass is 287 g/mol. The molecule has 100 valence electrons. The van der Waals surface area contributed by atoms with E-state index in [4.69, 9.17) is 20.4 Å². The third-order valence-corrected chi connectivity index (χ3v) is 3.08. The molecule has 0 bridgehead atoms. The number of rotatable bonds is 3. The minimum Gasteiger partial charge on any atom is -0.464 e. The van der Waals surface area contributed by atoms with E-state index in [0.29, 0.717) is 10.7 Å². The van der Waals surface area contributed by atoms with Crippen LogP contribution in [0.4, 0.5) is 5.69 Å². The third kappa shape index (κ3) is 2.46. The highest BCUT2D eigenvalue weighted by Gasteiger charge is 2.12. The predicted molar refractivity (Wildman–Crippen MR) is 75.8 cm³/mol. The molecule has 0 aliphatic heterocycles. The third-order valence-electron chi connectivity index (χ3n) is 2.77. The summed E-state index contributed by atoms with van der Waals surface area (Å²) in [5.74, 6) is 0.606. The van der Waals surface area contributed by atoms with Crippen molar-refractivity contribution in [2.24, 2.45) is 0 Å². The highest BCUT2D eigenvalue weighted by atomic mass is 35.5. The maximum atomic E-state index is 11.9. The smallest absolute Gasteiger partial charge is 0.291 e. The first kappa shape index (κ1) is 12.6. The molecule has 1 aromatic carbocycles. The van der Waals surface area contributed by atoms with Gasteiger partial charge in [0.1, 0.15) is 5.76 Å². The van der Waals surface area contributed by atoms with E-state index in [1.807, 2.05) is 12.1 Å². The molecule has 1 amide bonds. The number of nitrogens with one attached hydrogen (secondary N) is 1. The van der Waals surface area contributed by atoms with Crippen molar-refractivity contribution >= 4 is 23.2 Å². The van der Waals surface area contributed by atoms with Crippen LogP contribution in [0.1, 0.15) is 10.6 Å². The van der Waals surface area contributed by atoms with Crippen molar-refractivity contribution in [2.45, 2.75) is 0 Å². The van der Waals surface area contributed by atoms with Gasteiger partial charge in [-0.2, -0.15) is 0 Å². The lowest BCUT2D eigenvalue weighted by atomic mass is 10.1. The molecule has 0 aliphatic rings. The van der Waals surface area contributed by atoms with Crippen molar-refractivity contribution < 1.29 is 13.6 Å². The summed E-state index contributed by atoms with van der Waals surface area (Å²) in [6, 6.07) is 12.2. The minimum absolute atomic E-state index is 0.233. The standard InChI is InChI=1S/C15H10ClNO3/c16-11-9-10(13-3-1-7-19-13)5-6-12(11)17-15(18)14-4-2-8-20-14/h1-9H,(H,17,18). The molecule has 0 fully saturated rings. The van der Waals surface area contributed by atoms with Crippen molar-refractivity contribution in [1.29, 1.82) is 0 Å². The molecule has 0 atom stereocenters. The molecular formula is C15H10ClNO3. The van der Waals surface area contributed by atoms with Crippen LogP contribution in [0, 0.1) is 0 Å². The molecule has 1 N–H and O–H groups in total. The Bertz CT molecular complexity index is 718. The summed E-state index contributed by atoms with van der Waals surface area (Å²) in [5.41, 5.74) is 1.36. The van der Waals surface area contributed by atoms with Gasteiger partial charge in [-0.25, -0.2) is 0 Å². The molecule has 0 unspecified atom stereocenters. The Kier molecular flexibility index (Phi) is 3.31. The number of benzene rings is 1. The number of amides is 1. The summed E-state index contributed by atoms with van der Waals surface area (Å²) >= 11 is 6.16. The van der Waals surface area contributed by atoms with Crippen LogP contribution < -0.4 is 5.32 Å². The van der Waals surface area contributed by atoms with Crippen molar-refractivity contribution in [3.63, 3.8) is 0 Å². The van der Waals surface area contributed by atoms with Gasteiger partial charge in [0.05, 0.1) is 23.2 Å². The van der Waals surface area contributed by atoms with Gasteiger partial charge in [-0.05, 0) is 42.5 Å². The van der Waals surface area contributed by atoms with E-state index >= 15 is 0 Å². The van der Waals surface area contributed by atoms with Gasteiger partial charge in [0.2, 0.25) is 0 Å². The first-order valence-corrected chi connectivity index (χ1v) is 6.30. The average molecular weight is 288 g/mol. The summed E-state index contributed by atoms with van der Waals surface area (Å²) < 4.78 is 10.3. The first-order chi connectivity index (χ1) is 9.74. The molecule has 0 radical (unpaired) electrons. The number of anilines is 1. The lowest BCUT2D eigenvalue weighted by Crippen LogP contribution is -2.11. The number of carbonyl (C=O) groups excluding carboxylic acids is 1. The van der Waals surface area contributed by atoms with Gasteiger partial charge in [-0.1, -0.05) is 11.6 Å². The number of hydrogen-bond acceptors (Lipinski definition) is 3. The maximum Gasteiger partial charge on any atom is 0.291 e. The van der Waals surface area contributed by atoms with E-state index in [0.717, 1.165) is 11.3 Å². The van der Waals surface area contributed by atoms with E-state index in [1.54, 1.807) is 36.6 Å². The van der Waals surface area contributed by atoms with Crippen LogP contribution in [0.3, 0.4) is 0 Å². The topological polar surface area (TPSA) is 55.4 Å². The average Bonchev–Trinajstić information content (AvgIpc) is 3.14. The Hall–Kier alpha value is -2.46. The Morgan fingerprint density at radius 3 is 2.50 bits per heavy atom. The molecule has 2 heterocycles. The summed E-state index contributed by atoms with van der Waals surface area (Å²) in [7, 11) is 0. The van der Waals surface area contributed by atoms with Gasteiger partial charge in [0.15, 0.2) is 5.76 Å². The fourth-order valence-electron chi connectivity index (χ4n) is 1.80. The molecular weight excluding hydrogens is 278 g/mol. The second-order valence-corrected chi connectivity index (χ2v) is 4.51. The van der Waals surface area contributed by atoms with E-state index in [1.165, 1.54) is 6.26 Å². The number of carbonyl (C=O) groups is 1. The summed E-state index contributed by atoms with van der Waals surface area (Å²) in [6.07, 6.45) is 3.03. The molecule has 0 aliphatic carbocycles. The highest BCUT2D eigenvalue weighted by Crippen LogP contribution is 2.29. The summed E-state index contributed by atoms with van der Waals surface area (Å²) in [6.45, 7) is 0. The van der Waals surface area contributed by atoms with Crippen LogP contribution in [-0.4, -0.2) is 5.91 Å². The van der Waals surface area contributed by atoms with Crippen molar-refractivity contribution in [3.8, 4) is 11.3 Å². The van der Waals surface area contributed by atoms with Crippen LogP contribution >= 0.6 is 11.6 Å². The molecule has 0 saturated carbocycles. The predicted octanol–water partition coefficient (Wildman–Crippen LogP) is 4.45. The molecule has 3 aromatic rings. The minimum atomic E-state index is -0.345. The van der Waals surface area contributed by atoms with Crippen LogP contribution in [0.25, 0.3) is 11.3 Å². The zero-order chi connectivity index (χ0) is 13.9. The van der Waals surface area contributed by atoms with E-state index < -0.39 is 0 Å². The van der Waals surface area contributed by atoms with Crippen molar-refractivity contribution in [3.05, 3.63) is 65.8 Å². The Morgan fingerprint density at radius 2 is 1.85 bits per heavy atom. The number of hydrogen-bond donors (Lipinski definition) is 1. The number of halogens is 1. The molecule has 0 saturated heterocycles. The molecule has 2 aromatic heterocycles. The van der Waals surface area contributed by atoms with Crippen molar-refractivity contribution in [1.82, 2.24) is 0 Å². The second-order valence-electron chi connectivity index (χ2n) is 4.10. The Balaban J connectivity index is 1.83. The molecule has 5 heteroatoms. The van der Waals surface area contributed by atoms with E-state index in [-0.39, 0.29) is 11.7 Å². The molecule has 3 rings (SSSR count). The number of furan rings is 2. The lowest BCUT2D eigenvalue weighted by molar-refractivity contribution is 0.0996. The molecule has 0 spiro atoms. The van der Waals surface area contributed by atoms with Gasteiger partial charge in [0, 0.05) is 5.56 Å². The SMILES string of the molecule is O=C(Nc1ccc(-c2ccco2)cc1Cl)c1ccco1. The maximum absolute atomic E-state index is 11.9. The Labute approximate surface area is 120 Å². The lowest BCUT2D eigenvalue weighted by Gasteiger charge is -2.07. The van der Waals surface area contributed by atoms with Crippen LogP contribution in [-0.2, 0) is 0 Å². The van der Waals surface area contributed by atoms with Gasteiger partial charge >= 0.3 is 0 Å². The molecule has 4 nitrogen and oxygen atoms in total. The van der Waals surface area contributed by atoms with Gasteiger partial charge in [-0.15, -0.1) is 0 Å².